The molecule has 0 aromatic rings. The highest BCUT2D eigenvalue weighted by molar-refractivity contribution is 4.80. The maximum Gasteiger partial charge on any atom is 0.0606 e. The summed E-state index contributed by atoms with van der Waals surface area (Å²) in [6.45, 7) is 10.2. The molecular formula is C10H20O. The Bertz CT molecular complexity index is 117. The Morgan fingerprint density at radius 3 is 2.36 bits per heavy atom. The van der Waals surface area contributed by atoms with Gasteiger partial charge in [0.05, 0.1) is 6.10 Å². The van der Waals surface area contributed by atoms with Gasteiger partial charge in [0.15, 0.2) is 0 Å². The third-order valence-corrected chi connectivity index (χ3v) is 2.89. The van der Waals surface area contributed by atoms with E-state index >= 15 is 0 Å². The summed E-state index contributed by atoms with van der Waals surface area (Å²) in [7, 11) is 0. The molecule has 1 aliphatic heterocycles. The first-order valence-electron chi connectivity index (χ1n) is 4.63. The molecule has 0 bridgehead atoms. The first kappa shape index (κ1) is 9.05. The maximum absolute atomic E-state index is 5.64. The van der Waals surface area contributed by atoms with Crippen LogP contribution in [0.15, 0.2) is 0 Å². The van der Waals surface area contributed by atoms with Gasteiger partial charge in [-0.3, -0.25) is 0 Å². The van der Waals surface area contributed by atoms with Crippen LogP contribution in [-0.2, 0) is 4.74 Å². The van der Waals surface area contributed by atoms with Crippen molar-refractivity contribution >= 4 is 0 Å². The molecule has 0 N–H and O–H groups in total. The number of hydrogen-bond acceptors (Lipinski definition) is 1. The molecule has 66 valence electrons. The molecule has 1 aliphatic rings. The predicted molar refractivity (Wildman–Crippen MR) is 47.6 cm³/mol. The van der Waals surface area contributed by atoms with E-state index in [-0.39, 0.29) is 0 Å². The Kier molecular flexibility index (Phi) is 2.58. The summed E-state index contributed by atoms with van der Waals surface area (Å²) in [5.74, 6) is 0.685. The van der Waals surface area contributed by atoms with Crippen LogP contribution in [0.25, 0.3) is 0 Å². The van der Waals surface area contributed by atoms with Gasteiger partial charge in [-0.05, 0) is 24.2 Å². The van der Waals surface area contributed by atoms with E-state index in [0.717, 1.165) is 6.61 Å². The van der Waals surface area contributed by atoms with Crippen LogP contribution in [0, 0.1) is 11.3 Å². The molecule has 11 heavy (non-hydrogen) atoms. The van der Waals surface area contributed by atoms with E-state index in [1.807, 2.05) is 0 Å². The second-order valence-electron chi connectivity index (χ2n) is 4.71. The van der Waals surface area contributed by atoms with Crippen LogP contribution in [0.4, 0.5) is 0 Å². The minimum Gasteiger partial charge on any atom is -0.378 e. The lowest BCUT2D eigenvalue weighted by molar-refractivity contribution is 0.0251. The highest BCUT2D eigenvalue weighted by Crippen LogP contribution is 2.33. The van der Waals surface area contributed by atoms with Crippen molar-refractivity contribution in [2.75, 3.05) is 6.61 Å². The average Bonchev–Trinajstić information content (AvgIpc) is 2.34. The zero-order valence-corrected chi connectivity index (χ0v) is 8.18. The standard InChI is InChI=1S/C10H20O/c1-8(10(2,3)4)9-6-5-7-11-9/h8-9H,5-7H2,1-4H3/t8-,9-/m0/s1. The van der Waals surface area contributed by atoms with Crippen LogP contribution < -0.4 is 0 Å². The molecule has 1 heteroatoms. The van der Waals surface area contributed by atoms with Gasteiger partial charge >= 0.3 is 0 Å². The van der Waals surface area contributed by atoms with E-state index in [2.05, 4.69) is 27.7 Å². The summed E-state index contributed by atoms with van der Waals surface area (Å²) in [4.78, 5) is 0. The second-order valence-corrected chi connectivity index (χ2v) is 4.71. The molecule has 0 spiro atoms. The normalized spacial score (nSPS) is 28.9. The quantitative estimate of drug-likeness (QED) is 0.567. The monoisotopic (exact) mass is 156 g/mol. The Hall–Kier alpha value is -0.0400. The van der Waals surface area contributed by atoms with Gasteiger partial charge < -0.3 is 4.74 Å². The molecule has 0 aliphatic carbocycles. The molecule has 0 amide bonds. The fourth-order valence-electron chi connectivity index (χ4n) is 1.55. The summed E-state index contributed by atoms with van der Waals surface area (Å²) in [6, 6.07) is 0. The van der Waals surface area contributed by atoms with E-state index in [0.29, 0.717) is 17.4 Å². The number of ether oxygens (including phenoxy) is 1. The Morgan fingerprint density at radius 1 is 1.36 bits per heavy atom. The van der Waals surface area contributed by atoms with Gasteiger partial charge in [-0.1, -0.05) is 27.7 Å². The lowest BCUT2D eigenvalue weighted by Crippen LogP contribution is -2.29. The summed E-state index contributed by atoms with van der Waals surface area (Å²) < 4.78 is 5.64. The van der Waals surface area contributed by atoms with E-state index in [4.69, 9.17) is 4.74 Å². The van der Waals surface area contributed by atoms with Crippen molar-refractivity contribution in [3.8, 4) is 0 Å². The van der Waals surface area contributed by atoms with Crippen LogP contribution in [0.5, 0.6) is 0 Å². The van der Waals surface area contributed by atoms with E-state index in [1.165, 1.54) is 12.8 Å². The highest BCUT2D eigenvalue weighted by Gasteiger charge is 2.30. The van der Waals surface area contributed by atoms with Crippen molar-refractivity contribution < 1.29 is 4.74 Å². The molecule has 0 aromatic heterocycles. The minimum atomic E-state index is 0.398. The summed E-state index contributed by atoms with van der Waals surface area (Å²) >= 11 is 0. The molecule has 1 rings (SSSR count). The van der Waals surface area contributed by atoms with E-state index in [9.17, 15) is 0 Å². The van der Waals surface area contributed by atoms with Crippen molar-refractivity contribution in [2.45, 2.75) is 46.6 Å². The Balaban J connectivity index is 2.46. The van der Waals surface area contributed by atoms with E-state index in [1.54, 1.807) is 0 Å². The van der Waals surface area contributed by atoms with Crippen LogP contribution in [0.2, 0.25) is 0 Å². The van der Waals surface area contributed by atoms with Crippen LogP contribution in [0.1, 0.15) is 40.5 Å². The van der Waals surface area contributed by atoms with Crippen molar-refractivity contribution in [2.24, 2.45) is 11.3 Å². The summed E-state index contributed by atoms with van der Waals surface area (Å²) in [6.07, 6.45) is 3.04. The first-order chi connectivity index (χ1) is 5.02. The fraction of sp³-hybridized carbons (Fsp3) is 1.00. The lowest BCUT2D eigenvalue weighted by Gasteiger charge is -2.31. The van der Waals surface area contributed by atoms with Crippen LogP contribution in [-0.4, -0.2) is 12.7 Å². The Morgan fingerprint density at radius 2 is 2.00 bits per heavy atom. The molecule has 1 nitrogen and oxygen atoms in total. The van der Waals surface area contributed by atoms with Crippen LogP contribution >= 0.6 is 0 Å². The molecule has 1 fully saturated rings. The molecule has 0 aromatic carbocycles. The largest absolute Gasteiger partial charge is 0.378 e. The third-order valence-electron chi connectivity index (χ3n) is 2.89. The van der Waals surface area contributed by atoms with Crippen molar-refractivity contribution in [3.05, 3.63) is 0 Å². The topological polar surface area (TPSA) is 9.23 Å². The van der Waals surface area contributed by atoms with Gasteiger partial charge in [-0.2, -0.15) is 0 Å². The van der Waals surface area contributed by atoms with Gasteiger partial charge in [0.25, 0.3) is 0 Å². The van der Waals surface area contributed by atoms with Gasteiger partial charge in [-0.25, -0.2) is 0 Å². The third kappa shape index (κ3) is 2.19. The molecular weight excluding hydrogens is 136 g/mol. The fourth-order valence-corrected chi connectivity index (χ4v) is 1.55. The number of rotatable bonds is 1. The first-order valence-corrected chi connectivity index (χ1v) is 4.63. The zero-order chi connectivity index (χ0) is 8.48. The SMILES string of the molecule is C[C@@H]([C@@H]1CCCO1)C(C)(C)C. The van der Waals surface area contributed by atoms with Gasteiger partial charge in [-0.15, -0.1) is 0 Å². The van der Waals surface area contributed by atoms with Gasteiger partial charge in [0.2, 0.25) is 0 Å². The summed E-state index contributed by atoms with van der Waals surface area (Å²) in [5.41, 5.74) is 0.398. The highest BCUT2D eigenvalue weighted by atomic mass is 16.5. The second kappa shape index (κ2) is 3.14. The number of hydrogen-bond donors (Lipinski definition) is 0. The molecule has 0 radical (unpaired) electrons. The molecule has 1 heterocycles. The molecule has 1 saturated heterocycles. The average molecular weight is 156 g/mol. The van der Waals surface area contributed by atoms with Crippen molar-refractivity contribution in [3.63, 3.8) is 0 Å². The minimum absolute atomic E-state index is 0.398. The molecule has 2 atom stereocenters. The zero-order valence-electron chi connectivity index (χ0n) is 8.18. The Labute approximate surface area is 70.1 Å². The van der Waals surface area contributed by atoms with E-state index < -0.39 is 0 Å². The van der Waals surface area contributed by atoms with Gasteiger partial charge in [0.1, 0.15) is 0 Å². The smallest absolute Gasteiger partial charge is 0.0606 e. The maximum atomic E-state index is 5.64. The van der Waals surface area contributed by atoms with Gasteiger partial charge in [0, 0.05) is 6.61 Å². The molecule has 0 unspecified atom stereocenters. The molecule has 0 saturated carbocycles. The van der Waals surface area contributed by atoms with Crippen molar-refractivity contribution in [1.29, 1.82) is 0 Å². The lowest BCUT2D eigenvalue weighted by atomic mass is 9.78. The predicted octanol–water partition coefficient (Wildman–Crippen LogP) is 2.85. The summed E-state index contributed by atoms with van der Waals surface area (Å²) in [5, 5.41) is 0. The van der Waals surface area contributed by atoms with Crippen LogP contribution in [0.3, 0.4) is 0 Å². The van der Waals surface area contributed by atoms with Crippen molar-refractivity contribution in [1.82, 2.24) is 0 Å².